The summed E-state index contributed by atoms with van der Waals surface area (Å²) >= 11 is 0. The number of benzene rings is 1. The molecule has 6 heteroatoms. The van der Waals surface area contributed by atoms with Crippen LogP contribution in [0.25, 0.3) is 0 Å². The predicted molar refractivity (Wildman–Crippen MR) is 66.4 cm³/mol. The van der Waals surface area contributed by atoms with E-state index >= 15 is 0 Å². The Labute approximate surface area is 110 Å². The molecule has 0 aliphatic carbocycles. The third-order valence-corrected chi connectivity index (χ3v) is 3.17. The quantitative estimate of drug-likeness (QED) is 0.763. The number of rotatable bonds is 3. The summed E-state index contributed by atoms with van der Waals surface area (Å²) < 4.78 is 15.8. The lowest BCUT2D eigenvalue weighted by molar-refractivity contribution is -0.138. The highest BCUT2D eigenvalue weighted by atomic mass is 16.5. The maximum absolute atomic E-state index is 12.0. The van der Waals surface area contributed by atoms with Crippen LogP contribution in [0, 0.1) is 0 Å². The monoisotopic (exact) mass is 265 g/mol. The summed E-state index contributed by atoms with van der Waals surface area (Å²) in [6, 6.07) is 3.15. The first kappa shape index (κ1) is 13.4. The minimum absolute atomic E-state index is 0.285. The van der Waals surface area contributed by atoms with Crippen molar-refractivity contribution in [3.8, 4) is 11.5 Å². The maximum Gasteiger partial charge on any atom is 0.297 e. The van der Waals surface area contributed by atoms with Gasteiger partial charge in [-0.2, -0.15) is 0 Å². The summed E-state index contributed by atoms with van der Waals surface area (Å²) in [6.07, 6.45) is -0.676. The van der Waals surface area contributed by atoms with E-state index in [-0.39, 0.29) is 5.56 Å². The van der Waals surface area contributed by atoms with Gasteiger partial charge in [0.1, 0.15) is 0 Å². The van der Waals surface area contributed by atoms with E-state index < -0.39 is 17.9 Å². The Hall–Kier alpha value is -2.08. The predicted octanol–water partition coefficient (Wildman–Crippen LogP) is 1.00. The van der Waals surface area contributed by atoms with Crippen molar-refractivity contribution in [1.82, 2.24) is 4.90 Å². The Morgan fingerprint density at radius 1 is 1.11 bits per heavy atom. The molecule has 1 unspecified atom stereocenters. The summed E-state index contributed by atoms with van der Waals surface area (Å²) in [4.78, 5) is 25.1. The van der Waals surface area contributed by atoms with Crippen LogP contribution in [-0.2, 0) is 9.53 Å². The van der Waals surface area contributed by atoms with Crippen LogP contribution in [-0.4, -0.2) is 45.0 Å². The number of ether oxygens (including phenoxy) is 3. The number of hydrogen-bond acceptors (Lipinski definition) is 5. The third kappa shape index (κ3) is 1.84. The number of ketones is 1. The van der Waals surface area contributed by atoms with Gasteiger partial charge in [-0.05, 0) is 12.1 Å². The highest BCUT2D eigenvalue weighted by molar-refractivity contribution is 6.44. The molecule has 102 valence electrons. The number of amides is 1. The second-order valence-electron chi connectivity index (χ2n) is 4.10. The number of fused-ring (bicyclic) bond motifs is 1. The van der Waals surface area contributed by atoms with Gasteiger partial charge >= 0.3 is 0 Å². The van der Waals surface area contributed by atoms with Crippen LogP contribution in [0.5, 0.6) is 11.5 Å². The Bertz CT molecular complexity index is 540. The normalized spacial score (nSPS) is 18.3. The van der Waals surface area contributed by atoms with Crippen LogP contribution in [0.15, 0.2) is 12.1 Å². The van der Waals surface area contributed by atoms with E-state index in [9.17, 15) is 9.59 Å². The number of carbonyl (C=O) groups excluding carboxylic acids is 2. The molecule has 0 saturated carbocycles. The second-order valence-corrected chi connectivity index (χ2v) is 4.10. The van der Waals surface area contributed by atoms with Crippen LogP contribution in [0.4, 0.5) is 0 Å². The number of nitrogens with zero attached hydrogens (tertiary/aromatic N) is 1. The van der Waals surface area contributed by atoms with Crippen molar-refractivity contribution < 1.29 is 23.8 Å². The van der Waals surface area contributed by atoms with Crippen LogP contribution >= 0.6 is 0 Å². The topological polar surface area (TPSA) is 65.1 Å². The number of Topliss-reactive ketones (excluding diaryl/α,β-unsaturated/α-hetero) is 1. The van der Waals surface area contributed by atoms with Gasteiger partial charge in [-0.1, -0.05) is 0 Å². The van der Waals surface area contributed by atoms with E-state index in [0.29, 0.717) is 17.1 Å². The molecule has 0 fully saturated rings. The molecule has 6 nitrogen and oxygen atoms in total. The van der Waals surface area contributed by atoms with E-state index in [1.165, 1.54) is 33.3 Å². The highest BCUT2D eigenvalue weighted by Crippen LogP contribution is 2.42. The van der Waals surface area contributed by atoms with Gasteiger partial charge in [0.05, 0.1) is 19.8 Å². The molecule has 0 bridgehead atoms. The molecule has 0 N–H and O–H groups in total. The Morgan fingerprint density at radius 3 is 2.32 bits per heavy atom. The van der Waals surface area contributed by atoms with Crippen LogP contribution in [0.3, 0.4) is 0 Å². The average molecular weight is 265 g/mol. The van der Waals surface area contributed by atoms with Gasteiger partial charge in [0.2, 0.25) is 0 Å². The molecule has 2 rings (SSSR count). The molecule has 0 aromatic heterocycles. The molecular weight excluding hydrogens is 250 g/mol. The third-order valence-electron chi connectivity index (χ3n) is 3.17. The standard InChI is InChI=1S/C13H15NO5/c1-14-12(16)10(15)7-5-6-8(17-2)11(18-3)9(7)13(14)19-4/h5-6,13H,1-4H3. The largest absolute Gasteiger partial charge is 0.493 e. The number of carbonyl (C=O) groups is 2. The van der Waals surface area contributed by atoms with Gasteiger partial charge in [-0.25, -0.2) is 0 Å². The lowest BCUT2D eigenvalue weighted by atomic mass is 9.95. The molecule has 1 aromatic rings. The first-order valence-corrected chi connectivity index (χ1v) is 5.66. The molecule has 0 saturated heterocycles. The van der Waals surface area contributed by atoms with Crippen molar-refractivity contribution >= 4 is 11.7 Å². The fourth-order valence-corrected chi connectivity index (χ4v) is 2.25. The van der Waals surface area contributed by atoms with Crippen molar-refractivity contribution in [2.24, 2.45) is 0 Å². The SMILES string of the molecule is COc1ccc2c(c1OC)C(OC)N(C)C(=O)C2=O. The summed E-state index contributed by atoms with van der Waals surface area (Å²) in [5.41, 5.74) is 0.795. The first-order valence-electron chi connectivity index (χ1n) is 5.66. The molecule has 0 spiro atoms. The maximum atomic E-state index is 12.0. The minimum Gasteiger partial charge on any atom is -0.493 e. The smallest absolute Gasteiger partial charge is 0.297 e. The molecular formula is C13H15NO5. The summed E-state index contributed by atoms with van der Waals surface area (Å²) in [6.45, 7) is 0. The van der Waals surface area contributed by atoms with Crippen molar-refractivity contribution in [2.75, 3.05) is 28.4 Å². The zero-order chi connectivity index (χ0) is 14.2. The highest BCUT2D eigenvalue weighted by Gasteiger charge is 2.39. The molecule has 1 aliphatic heterocycles. The van der Waals surface area contributed by atoms with Gasteiger partial charge in [0.15, 0.2) is 17.7 Å². The fourth-order valence-electron chi connectivity index (χ4n) is 2.25. The molecule has 1 aliphatic rings. The first-order chi connectivity index (χ1) is 9.06. The molecule has 0 radical (unpaired) electrons. The lowest BCUT2D eigenvalue weighted by Crippen LogP contribution is -2.42. The zero-order valence-electron chi connectivity index (χ0n) is 11.2. The average Bonchev–Trinajstić information content (AvgIpc) is 2.44. The van der Waals surface area contributed by atoms with Gasteiger partial charge in [-0.15, -0.1) is 0 Å². The van der Waals surface area contributed by atoms with Gasteiger partial charge < -0.3 is 19.1 Å². The van der Waals surface area contributed by atoms with E-state index in [1.807, 2.05) is 0 Å². The molecule has 1 atom stereocenters. The van der Waals surface area contributed by atoms with E-state index in [4.69, 9.17) is 14.2 Å². The van der Waals surface area contributed by atoms with Crippen molar-refractivity contribution in [3.05, 3.63) is 23.3 Å². The molecule has 1 heterocycles. The van der Waals surface area contributed by atoms with Gasteiger partial charge in [0, 0.05) is 19.7 Å². The Balaban J connectivity index is 2.73. The van der Waals surface area contributed by atoms with Gasteiger partial charge in [0.25, 0.3) is 11.7 Å². The summed E-state index contributed by atoms with van der Waals surface area (Å²) in [7, 11) is 5.96. The van der Waals surface area contributed by atoms with Crippen LogP contribution < -0.4 is 9.47 Å². The summed E-state index contributed by atoms with van der Waals surface area (Å²) in [5, 5.41) is 0. The van der Waals surface area contributed by atoms with Crippen molar-refractivity contribution in [2.45, 2.75) is 6.23 Å². The lowest BCUT2D eigenvalue weighted by Gasteiger charge is -2.33. The molecule has 1 aromatic carbocycles. The number of methoxy groups -OCH3 is 3. The van der Waals surface area contributed by atoms with Gasteiger partial charge in [-0.3, -0.25) is 9.59 Å². The second kappa shape index (κ2) is 4.89. The van der Waals surface area contributed by atoms with E-state index in [2.05, 4.69) is 0 Å². The van der Waals surface area contributed by atoms with Crippen molar-refractivity contribution in [3.63, 3.8) is 0 Å². The Morgan fingerprint density at radius 2 is 1.79 bits per heavy atom. The minimum atomic E-state index is -0.676. The van der Waals surface area contributed by atoms with E-state index in [0.717, 1.165) is 0 Å². The Kier molecular flexibility index (Phi) is 3.44. The van der Waals surface area contributed by atoms with Crippen LogP contribution in [0.2, 0.25) is 0 Å². The van der Waals surface area contributed by atoms with Crippen LogP contribution in [0.1, 0.15) is 22.1 Å². The number of hydrogen-bond donors (Lipinski definition) is 0. The zero-order valence-corrected chi connectivity index (χ0v) is 11.2. The van der Waals surface area contributed by atoms with Crippen molar-refractivity contribution in [1.29, 1.82) is 0 Å². The summed E-state index contributed by atoms with van der Waals surface area (Å²) in [5.74, 6) is -0.295. The molecule has 19 heavy (non-hydrogen) atoms. The molecule has 1 amide bonds. The van der Waals surface area contributed by atoms with E-state index in [1.54, 1.807) is 12.1 Å². The number of likely N-dealkylation sites (N-methyl/N-ethyl adjacent to an activating group) is 1. The fraction of sp³-hybridized carbons (Fsp3) is 0.385.